The van der Waals surface area contributed by atoms with E-state index in [9.17, 15) is 13.6 Å². The maximum absolute atomic E-state index is 14.4. The van der Waals surface area contributed by atoms with Crippen LogP contribution in [-0.2, 0) is 9.53 Å². The van der Waals surface area contributed by atoms with Crippen molar-refractivity contribution in [2.75, 3.05) is 6.61 Å². The predicted octanol–water partition coefficient (Wildman–Crippen LogP) is 6.33. The Hall–Kier alpha value is -2.63. The number of rotatable bonds is 7. The van der Waals surface area contributed by atoms with Crippen LogP contribution in [0.4, 0.5) is 8.78 Å². The number of nitrogens with zero attached hydrogens (tertiary/aromatic N) is 2. The number of allylic oxidation sites excluding steroid dienone is 1. The van der Waals surface area contributed by atoms with E-state index in [1.807, 2.05) is 13.0 Å². The molecule has 0 fully saturated rings. The molecule has 0 N–H and O–H groups in total. The minimum Gasteiger partial charge on any atom is -0.463 e. The molecule has 1 aromatic heterocycles. The highest BCUT2D eigenvalue weighted by molar-refractivity contribution is 5.88. The van der Waals surface area contributed by atoms with Crippen LogP contribution in [0, 0.1) is 17.6 Å². The number of carbonyl (C=O) groups is 1. The van der Waals surface area contributed by atoms with Gasteiger partial charge in [0.1, 0.15) is 11.6 Å². The molecule has 1 aromatic carbocycles. The number of hydrogen-bond donors (Lipinski definition) is 0. The Kier molecular flexibility index (Phi) is 7.52. The van der Waals surface area contributed by atoms with Crippen molar-refractivity contribution in [1.82, 2.24) is 10.2 Å². The average Bonchev–Trinajstić information content (AvgIpc) is 2.73. The van der Waals surface area contributed by atoms with Crippen LogP contribution >= 0.6 is 0 Å². The first-order valence-corrected chi connectivity index (χ1v) is 11.0. The van der Waals surface area contributed by atoms with E-state index in [0.29, 0.717) is 24.5 Å². The Bertz CT molecular complexity index is 952. The van der Waals surface area contributed by atoms with Crippen LogP contribution in [0.15, 0.2) is 35.9 Å². The summed E-state index contributed by atoms with van der Waals surface area (Å²) in [7, 11) is 0. The normalized spacial score (nSPS) is 18.7. The Labute approximate surface area is 182 Å². The summed E-state index contributed by atoms with van der Waals surface area (Å²) in [5.41, 5.74) is 2.42. The van der Waals surface area contributed by atoms with Crippen molar-refractivity contribution in [3.63, 3.8) is 0 Å². The van der Waals surface area contributed by atoms with Gasteiger partial charge in [-0.05, 0) is 68.2 Å². The maximum Gasteiger partial charge on any atom is 0.333 e. The molecule has 1 aliphatic carbocycles. The van der Waals surface area contributed by atoms with Crippen molar-refractivity contribution < 1.29 is 18.3 Å². The smallest absolute Gasteiger partial charge is 0.333 e. The van der Waals surface area contributed by atoms with Crippen LogP contribution < -0.4 is 0 Å². The quantitative estimate of drug-likeness (QED) is 0.382. The number of benzene rings is 1. The van der Waals surface area contributed by atoms with Crippen LogP contribution in [0.5, 0.6) is 0 Å². The Balaban J connectivity index is 2.07. The van der Waals surface area contributed by atoms with Crippen molar-refractivity contribution in [2.24, 2.45) is 5.92 Å². The highest BCUT2D eigenvalue weighted by atomic mass is 19.1. The van der Waals surface area contributed by atoms with Gasteiger partial charge in [0, 0.05) is 11.5 Å². The van der Waals surface area contributed by atoms with Crippen LogP contribution in [0.1, 0.15) is 76.5 Å². The molecule has 166 valence electrons. The molecule has 0 amide bonds. The highest BCUT2D eigenvalue weighted by Gasteiger charge is 2.30. The van der Waals surface area contributed by atoms with E-state index in [-0.39, 0.29) is 29.1 Å². The summed E-state index contributed by atoms with van der Waals surface area (Å²) in [6.07, 6.45) is 5.20. The second kappa shape index (κ2) is 10.1. The first kappa shape index (κ1) is 23.0. The molecule has 3 rings (SSSR count). The van der Waals surface area contributed by atoms with E-state index in [2.05, 4.69) is 24.0 Å². The molecule has 1 unspecified atom stereocenters. The number of hydrogen-bond acceptors (Lipinski definition) is 4. The fourth-order valence-electron chi connectivity index (χ4n) is 4.34. The number of esters is 1. The number of fused-ring (bicyclic) bond motifs is 1. The van der Waals surface area contributed by atoms with Crippen LogP contribution in [0.2, 0.25) is 0 Å². The Morgan fingerprint density at radius 1 is 1.19 bits per heavy atom. The van der Waals surface area contributed by atoms with E-state index in [1.165, 1.54) is 18.2 Å². The molecule has 1 aliphatic rings. The lowest BCUT2D eigenvalue weighted by atomic mass is 9.75. The molecule has 0 saturated heterocycles. The van der Waals surface area contributed by atoms with Crippen LogP contribution in [0.25, 0.3) is 11.3 Å². The molecule has 0 bridgehead atoms. The van der Waals surface area contributed by atoms with E-state index >= 15 is 0 Å². The minimum absolute atomic E-state index is 0.0789. The monoisotopic (exact) mass is 428 g/mol. The maximum atomic E-state index is 14.4. The van der Waals surface area contributed by atoms with E-state index in [4.69, 9.17) is 4.74 Å². The third-order valence-corrected chi connectivity index (χ3v) is 5.77. The lowest BCUT2D eigenvalue weighted by Crippen LogP contribution is -2.19. The van der Waals surface area contributed by atoms with E-state index in [1.54, 1.807) is 13.0 Å². The van der Waals surface area contributed by atoms with E-state index < -0.39 is 11.6 Å². The van der Waals surface area contributed by atoms with Gasteiger partial charge in [0.15, 0.2) is 0 Å². The number of carbonyl (C=O) groups excluding carboxylic acids is 1. The summed E-state index contributed by atoms with van der Waals surface area (Å²) in [6, 6.07) is 5.57. The van der Waals surface area contributed by atoms with Crippen molar-refractivity contribution in [2.45, 2.75) is 65.2 Å². The van der Waals surface area contributed by atoms with Crippen molar-refractivity contribution in [3.8, 4) is 11.3 Å². The van der Waals surface area contributed by atoms with Gasteiger partial charge in [0.05, 0.1) is 23.6 Å². The third kappa shape index (κ3) is 5.17. The summed E-state index contributed by atoms with van der Waals surface area (Å²) in [5, 5.41) is 8.62. The van der Waals surface area contributed by atoms with Crippen molar-refractivity contribution in [3.05, 3.63) is 58.8 Å². The first-order chi connectivity index (χ1) is 14.8. The van der Waals surface area contributed by atoms with Crippen molar-refractivity contribution in [1.29, 1.82) is 0 Å². The van der Waals surface area contributed by atoms with Gasteiger partial charge in [-0.25, -0.2) is 13.6 Å². The molecule has 0 spiro atoms. The predicted molar refractivity (Wildman–Crippen MR) is 117 cm³/mol. The molecule has 4 nitrogen and oxygen atoms in total. The summed E-state index contributed by atoms with van der Waals surface area (Å²) in [6.45, 7) is 8.35. The fraction of sp³-hybridized carbons (Fsp3) is 0.480. The SMILES string of the molecule is CCOC(=O)/C(=C\C1CC[C@H](CC(C)C)c2cc(-c3c(F)cccc3F)nnc21)CC. The van der Waals surface area contributed by atoms with Gasteiger partial charge < -0.3 is 4.74 Å². The number of halogens is 2. The minimum atomic E-state index is -0.655. The summed E-state index contributed by atoms with van der Waals surface area (Å²) in [4.78, 5) is 12.3. The summed E-state index contributed by atoms with van der Waals surface area (Å²) >= 11 is 0. The molecule has 6 heteroatoms. The second-order valence-electron chi connectivity index (χ2n) is 8.44. The zero-order chi connectivity index (χ0) is 22.5. The molecule has 2 aromatic rings. The van der Waals surface area contributed by atoms with Gasteiger partial charge in [-0.15, -0.1) is 0 Å². The zero-order valence-electron chi connectivity index (χ0n) is 18.6. The summed E-state index contributed by atoms with van der Waals surface area (Å²) < 4.78 is 33.9. The lowest BCUT2D eigenvalue weighted by Gasteiger charge is -2.30. The van der Waals surface area contributed by atoms with Gasteiger partial charge in [0.2, 0.25) is 0 Å². The molecule has 0 saturated carbocycles. The topological polar surface area (TPSA) is 52.1 Å². The molecule has 2 atom stereocenters. The van der Waals surface area contributed by atoms with Gasteiger partial charge in [0.25, 0.3) is 0 Å². The van der Waals surface area contributed by atoms with Gasteiger partial charge in [-0.3, -0.25) is 0 Å². The largest absolute Gasteiger partial charge is 0.463 e. The lowest BCUT2D eigenvalue weighted by molar-refractivity contribution is -0.138. The standard InChI is InChI=1S/C25H30F2N2O2/c1-5-16(25(30)31-6-2)13-18-11-10-17(12-15(3)4)19-14-22(28-29-24(18)19)23-20(26)8-7-9-21(23)27/h7-9,13-15,17-18H,5-6,10-12H2,1-4H3/b16-13-/t17-,18?/m1/s1. The molecule has 1 heterocycles. The van der Waals surface area contributed by atoms with Gasteiger partial charge in [-0.2, -0.15) is 10.2 Å². The molecule has 0 aliphatic heterocycles. The Morgan fingerprint density at radius 2 is 1.90 bits per heavy atom. The van der Waals surface area contributed by atoms with Gasteiger partial charge in [-0.1, -0.05) is 32.9 Å². The van der Waals surface area contributed by atoms with Gasteiger partial charge >= 0.3 is 5.97 Å². The molecular formula is C25H30F2N2O2. The molecule has 31 heavy (non-hydrogen) atoms. The first-order valence-electron chi connectivity index (χ1n) is 11.0. The number of aromatic nitrogens is 2. The highest BCUT2D eigenvalue weighted by Crippen LogP contribution is 2.43. The molecule has 0 radical (unpaired) electrons. The zero-order valence-corrected chi connectivity index (χ0v) is 18.6. The van der Waals surface area contributed by atoms with Crippen LogP contribution in [0.3, 0.4) is 0 Å². The summed E-state index contributed by atoms with van der Waals surface area (Å²) in [5.74, 6) is -0.998. The third-order valence-electron chi connectivity index (χ3n) is 5.77. The van der Waals surface area contributed by atoms with Crippen molar-refractivity contribution >= 4 is 5.97 Å². The van der Waals surface area contributed by atoms with E-state index in [0.717, 1.165) is 30.5 Å². The average molecular weight is 429 g/mol. The molecular weight excluding hydrogens is 398 g/mol. The second-order valence-corrected chi connectivity index (χ2v) is 8.44. The Morgan fingerprint density at radius 3 is 2.52 bits per heavy atom. The number of ether oxygens (including phenoxy) is 1. The van der Waals surface area contributed by atoms with Crippen LogP contribution in [-0.4, -0.2) is 22.8 Å². The fourth-order valence-corrected chi connectivity index (χ4v) is 4.34.